The van der Waals surface area contributed by atoms with Crippen molar-refractivity contribution in [2.24, 2.45) is 0 Å². The van der Waals surface area contributed by atoms with Crippen molar-refractivity contribution in [3.05, 3.63) is 18.2 Å². The maximum Gasteiger partial charge on any atom is 0.0949 e. The van der Waals surface area contributed by atoms with E-state index < -0.39 is 0 Å². The number of aliphatic hydroxyl groups excluding tert-OH is 1. The zero-order valence-electron chi connectivity index (χ0n) is 10.2. The van der Waals surface area contributed by atoms with Crippen molar-refractivity contribution >= 4 is 0 Å². The number of nitrogens with zero attached hydrogens (tertiary/aromatic N) is 2. The summed E-state index contributed by atoms with van der Waals surface area (Å²) in [7, 11) is 0. The van der Waals surface area contributed by atoms with Crippen LogP contribution >= 0.6 is 0 Å². The molecule has 4 heteroatoms. The summed E-state index contributed by atoms with van der Waals surface area (Å²) in [6.07, 6.45) is 8.03. The van der Waals surface area contributed by atoms with E-state index in [4.69, 9.17) is 5.11 Å². The van der Waals surface area contributed by atoms with Crippen LogP contribution in [0.15, 0.2) is 12.5 Å². The molecule has 0 saturated carbocycles. The molecule has 0 saturated heterocycles. The molecule has 2 N–H and O–H groups in total. The van der Waals surface area contributed by atoms with E-state index in [1.807, 2.05) is 6.33 Å². The Kier molecular flexibility index (Phi) is 6.85. The quantitative estimate of drug-likeness (QED) is 0.621. The van der Waals surface area contributed by atoms with Crippen molar-refractivity contribution in [1.82, 2.24) is 14.9 Å². The van der Waals surface area contributed by atoms with Crippen LogP contribution in [0.5, 0.6) is 0 Å². The number of aliphatic hydroxyl groups is 1. The van der Waals surface area contributed by atoms with Gasteiger partial charge in [0, 0.05) is 32.3 Å². The molecular formula is C12H23N3O. The van der Waals surface area contributed by atoms with Crippen molar-refractivity contribution in [3.63, 3.8) is 0 Å². The molecule has 1 rings (SSSR count). The number of rotatable bonds is 9. The van der Waals surface area contributed by atoms with Crippen molar-refractivity contribution < 1.29 is 5.11 Å². The lowest BCUT2D eigenvalue weighted by Crippen LogP contribution is -2.17. The molecule has 0 spiro atoms. The highest BCUT2D eigenvalue weighted by Gasteiger charge is 1.98. The third kappa shape index (κ3) is 5.28. The van der Waals surface area contributed by atoms with Gasteiger partial charge in [-0.25, -0.2) is 4.98 Å². The second-order valence-corrected chi connectivity index (χ2v) is 4.03. The Bertz CT molecular complexity index is 273. The van der Waals surface area contributed by atoms with Gasteiger partial charge in [0.2, 0.25) is 0 Å². The Balaban J connectivity index is 2.17. The molecule has 1 aromatic heterocycles. The summed E-state index contributed by atoms with van der Waals surface area (Å²) in [6, 6.07) is 0. The normalized spacial score (nSPS) is 10.9. The highest BCUT2D eigenvalue weighted by atomic mass is 16.2. The first-order valence-electron chi connectivity index (χ1n) is 6.19. The van der Waals surface area contributed by atoms with Crippen LogP contribution in [-0.2, 0) is 13.0 Å². The number of unbranched alkanes of at least 4 members (excludes halogenated alkanes) is 1. The van der Waals surface area contributed by atoms with Gasteiger partial charge in [0.05, 0.1) is 12.0 Å². The van der Waals surface area contributed by atoms with Gasteiger partial charge in [-0.05, 0) is 25.8 Å². The number of nitrogens with one attached hydrogen (secondary N) is 1. The molecule has 0 unspecified atom stereocenters. The minimum atomic E-state index is 0.280. The van der Waals surface area contributed by atoms with Crippen LogP contribution in [0.1, 0.15) is 31.9 Å². The zero-order valence-corrected chi connectivity index (χ0v) is 10.2. The maximum absolute atomic E-state index is 8.68. The van der Waals surface area contributed by atoms with Crippen molar-refractivity contribution in [1.29, 1.82) is 0 Å². The lowest BCUT2D eigenvalue weighted by atomic mass is 10.3. The first-order valence-corrected chi connectivity index (χ1v) is 6.19. The summed E-state index contributed by atoms with van der Waals surface area (Å²) >= 11 is 0. The number of aryl methyl sites for hydroxylation is 1. The molecule has 0 fully saturated rings. The molecule has 4 nitrogen and oxygen atoms in total. The van der Waals surface area contributed by atoms with E-state index in [1.165, 1.54) is 6.42 Å². The first-order chi connectivity index (χ1) is 7.86. The van der Waals surface area contributed by atoms with Crippen LogP contribution in [0.25, 0.3) is 0 Å². The van der Waals surface area contributed by atoms with Crippen LogP contribution in [0.3, 0.4) is 0 Å². The van der Waals surface area contributed by atoms with E-state index in [9.17, 15) is 0 Å². The second kappa shape index (κ2) is 8.30. The lowest BCUT2D eigenvalue weighted by Gasteiger charge is -2.00. The molecule has 0 bridgehead atoms. The monoisotopic (exact) mass is 225 g/mol. The molecule has 0 amide bonds. The maximum atomic E-state index is 8.68. The fourth-order valence-corrected chi connectivity index (χ4v) is 1.58. The van der Waals surface area contributed by atoms with Gasteiger partial charge in [0.15, 0.2) is 0 Å². The molecule has 0 atom stereocenters. The predicted octanol–water partition coefficient (Wildman–Crippen LogP) is 1.20. The zero-order chi connectivity index (χ0) is 11.6. The lowest BCUT2D eigenvalue weighted by molar-refractivity contribution is 0.281. The van der Waals surface area contributed by atoms with Gasteiger partial charge in [-0.1, -0.05) is 6.92 Å². The number of aromatic nitrogens is 2. The molecule has 0 radical (unpaired) electrons. The summed E-state index contributed by atoms with van der Waals surface area (Å²) in [5, 5.41) is 12.0. The Labute approximate surface area is 97.7 Å². The average molecular weight is 225 g/mol. The number of hydrogen-bond acceptors (Lipinski definition) is 3. The molecule has 16 heavy (non-hydrogen) atoms. The third-order valence-corrected chi connectivity index (χ3v) is 2.50. The van der Waals surface area contributed by atoms with Crippen LogP contribution in [0, 0.1) is 0 Å². The standard InChI is InChI=1S/C12H23N3O/c1-2-6-13-7-5-12-10-15(11-14-12)8-3-4-9-16/h10-11,13,16H,2-9H2,1H3. The summed E-state index contributed by atoms with van der Waals surface area (Å²) in [5.74, 6) is 0. The fourth-order valence-electron chi connectivity index (χ4n) is 1.58. The summed E-state index contributed by atoms with van der Waals surface area (Å²) in [5.41, 5.74) is 1.15. The molecule has 1 aromatic rings. The van der Waals surface area contributed by atoms with Crippen molar-refractivity contribution in [2.45, 2.75) is 39.2 Å². The number of imidazole rings is 1. The smallest absolute Gasteiger partial charge is 0.0949 e. The Morgan fingerprint density at radius 1 is 1.38 bits per heavy atom. The highest BCUT2D eigenvalue weighted by molar-refractivity contribution is 4.97. The van der Waals surface area contributed by atoms with Crippen LogP contribution < -0.4 is 5.32 Å². The van der Waals surface area contributed by atoms with Gasteiger partial charge in [-0.15, -0.1) is 0 Å². The van der Waals surface area contributed by atoms with E-state index in [-0.39, 0.29) is 6.61 Å². The van der Waals surface area contributed by atoms with Crippen molar-refractivity contribution in [2.75, 3.05) is 19.7 Å². The molecule has 1 heterocycles. The van der Waals surface area contributed by atoms with Gasteiger partial charge in [-0.3, -0.25) is 0 Å². The van der Waals surface area contributed by atoms with Crippen molar-refractivity contribution in [3.8, 4) is 0 Å². The summed E-state index contributed by atoms with van der Waals surface area (Å²) in [4.78, 5) is 4.35. The molecule has 0 aliphatic carbocycles. The average Bonchev–Trinajstić information content (AvgIpc) is 2.73. The van der Waals surface area contributed by atoms with E-state index in [1.54, 1.807) is 0 Å². The van der Waals surface area contributed by atoms with E-state index in [0.29, 0.717) is 0 Å². The molecular weight excluding hydrogens is 202 g/mol. The van der Waals surface area contributed by atoms with Gasteiger partial charge in [0.1, 0.15) is 0 Å². The Morgan fingerprint density at radius 2 is 2.25 bits per heavy atom. The molecule has 92 valence electrons. The highest BCUT2D eigenvalue weighted by Crippen LogP contribution is 1.99. The topological polar surface area (TPSA) is 50.1 Å². The fraction of sp³-hybridized carbons (Fsp3) is 0.750. The third-order valence-electron chi connectivity index (χ3n) is 2.50. The number of hydrogen-bond donors (Lipinski definition) is 2. The van der Waals surface area contributed by atoms with Crippen LogP contribution in [-0.4, -0.2) is 34.4 Å². The minimum Gasteiger partial charge on any atom is -0.396 e. The largest absolute Gasteiger partial charge is 0.396 e. The van der Waals surface area contributed by atoms with Crippen LogP contribution in [0.2, 0.25) is 0 Å². The summed E-state index contributed by atoms with van der Waals surface area (Å²) < 4.78 is 2.10. The molecule has 0 aliphatic heterocycles. The van der Waals surface area contributed by atoms with E-state index in [2.05, 4.69) is 28.0 Å². The van der Waals surface area contributed by atoms with Crippen LogP contribution in [0.4, 0.5) is 0 Å². The van der Waals surface area contributed by atoms with E-state index >= 15 is 0 Å². The van der Waals surface area contributed by atoms with Gasteiger partial charge >= 0.3 is 0 Å². The summed E-state index contributed by atoms with van der Waals surface area (Å²) in [6.45, 7) is 5.49. The van der Waals surface area contributed by atoms with Gasteiger partial charge < -0.3 is 15.0 Å². The first kappa shape index (κ1) is 13.2. The van der Waals surface area contributed by atoms with Gasteiger partial charge in [-0.2, -0.15) is 0 Å². The molecule has 0 aromatic carbocycles. The van der Waals surface area contributed by atoms with E-state index in [0.717, 1.165) is 44.6 Å². The molecule has 0 aliphatic rings. The Hall–Kier alpha value is -0.870. The minimum absolute atomic E-state index is 0.280. The second-order valence-electron chi connectivity index (χ2n) is 4.03. The van der Waals surface area contributed by atoms with Gasteiger partial charge in [0.25, 0.3) is 0 Å². The SMILES string of the molecule is CCCNCCc1cn(CCCCO)cn1. The Morgan fingerprint density at radius 3 is 3.00 bits per heavy atom. The predicted molar refractivity (Wildman–Crippen MR) is 65.4 cm³/mol.